The van der Waals surface area contributed by atoms with Crippen LogP contribution >= 0.6 is 11.6 Å². The molecule has 0 aliphatic rings. The molecule has 0 fully saturated rings. The van der Waals surface area contributed by atoms with Gasteiger partial charge in [0, 0.05) is 0 Å². The summed E-state index contributed by atoms with van der Waals surface area (Å²) in [5.41, 5.74) is 7.68. The zero-order valence-electron chi connectivity index (χ0n) is 8.50. The topological polar surface area (TPSA) is 38.4 Å². The summed E-state index contributed by atoms with van der Waals surface area (Å²) < 4.78 is 0. The van der Waals surface area contributed by atoms with Crippen molar-refractivity contribution in [2.24, 2.45) is 10.7 Å². The minimum Gasteiger partial charge on any atom is -0.386 e. The fraction of sp³-hybridized carbons (Fsp3) is 0.364. The first kappa shape index (κ1) is 11.1. The summed E-state index contributed by atoms with van der Waals surface area (Å²) in [4.78, 5) is 4.18. The Kier molecular flexibility index (Phi) is 3.96. The van der Waals surface area contributed by atoms with Crippen molar-refractivity contribution in [2.75, 3.05) is 5.88 Å². The molecule has 0 atom stereocenters. The van der Waals surface area contributed by atoms with Gasteiger partial charge in [0.1, 0.15) is 5.84 Å². The Morgan fingerprint density at radius 2 is 2.21 bits per heavy atom. The molecule has 0 aliphatic heterocycles. The van der Waals surface area contributed by atoms with E-state index in [1.54, 1.807) is 0 Å². The average Bonchev–Trinajstić information content (AvgIpc) is 2.18. The molecule has 2 nitrogen and oxygen atoms in total. The molecule has 0 spiro atoms. The Bertz CT molecular complexity index is 332. The molecule has 0 radical (unpaired) electrons. The maximum atomic E-state index is 5.55. The lowest BCUT2D eigenvalue weighted by Crippen LogP contribution is -2.12. The Labute approximate surface area is 89.8 Å². The molecule has 0 unspecified atom stereocenters. The largest absolute Gasteiger partial charge is 0.386 e. The predicted octanol–water partition coefficient (Wildman–Crippen LogP) is 3.04. The molecule has 2 N–H and O–H groups in total. The Hall–Kier alpha value is -1.02. The normalized spacial score (nSPS) is 12.1. The van der Waals surface area contributed by atoms with Crippen LogP contribution in [0.1, 0.15) is 25.3 Å². The molecule has 1 aromatic rings. The van der Waals surface area contributed by atoms with E-state index in [2.05, 4.69) is 24.9 Å². The van der Waals surface area contributed by atoms with E-state index in [0.29, 0.717) is 11.8 Å². The van der Waals surface area contributed by atoms with Gasteiger partial charge >= 0.3 is 0 Å². The third kappa shape index (κ3) is 3.04. The van der Waals surface area contributed by atoms with E-state index in [-0.39, 0.29) is 5.88 Å². The van der Waals surface area contributed by atoms with Crippen LogP contribution in [-0.4, -0.2) is 11.7 Å². The summed E-state index contributed by atoms with van der Waals surface area (Å²) in [5.74, 6) is 1.22. The Morgan fingerprint density at radius 3 is 2.79 bits per heavy atom. The molecular weight excluding hydrogens is 196 g/mol. The van der Waals surface area contributed by atoms with E-state index in [0.717, 1.165) is 5.69 Å². The number of nitrogens with two attached hydrogens (primary N) is 1. The highest BCUT2D eigenvalue weighted by Gasteiger charge is 1.99. The summed E-state index contributed by atoms with van der Waals surface area (Å²) in [5, 5.41) is 0. The lowest BCUT2D eigenvalue weighted by molar-refractivity contribution is 0.867. The molecule has 14 heavy (non-hydrogen) atoms. The van der Waals surface area contributed by atoms with Crippen molar-refractivity contribution in [3.8, 4) is 0 Å². The van der Waals surface area contributed by atoms with Gasteiger partial charge in [-0.1, -0.05) is 26.0 Å². The lowest BCUT2D eigenvalue weighted by atomic mass is 10.0. The number of hydrogen-bond acceptors (Lipinski definition) is 1. The van der Waals surface area contributed by atoms with E-state index in [1.807, 2.05) is 18.2 Å². The van der Waals surface area contributed by atoms with Crippen molar-refractivity contribution in [2.45, 2.75) is 19.8 Å². The van der Waals surface area contributed by atoms with Gasteiger partial charge in [-0.2, -0.15) is 0 Å². The van der Waals surface area contributed by atoms with Crippen molar-refractivity contribution in [3.05, 3.63) is 29.8 Å². The molecule has 1 aromatic carbocycles. The van der Waals surface area contributed by atoms with E-state index in [4.69, 9.17) is 17.3 Å². The van der Waals surface area contributed by atoms with Crippen LogP contribution in [0.15, 0.2) is 29.3 Å². The van der Waals surface area contributed by atoms with Crippen molar-refractivity contribution < 1.29 is 0 Å². The fourth-order valence-electron chi connectivity index (χ4n) is 1.15. The Balaban J connectivity index is 2.94. The molecule has 76 valence electrons. The quantitative estimate of drug-likeness (QED) is 0.465. The highest BCUT2D eigenvalue weighted by atomic mass is 35.5. The summed E-state index contributed by atoms with van der Waals surface area (Å²) in [6, 6.07) is 8.02. The summed E-state index contributed by atoms with van der Waals surface area (Å²) in [6.07, 6.45) is 0. The molecule has 0 saturated heterocycles. The van der Waals surface area contributed by atoms with Crippen LogP contribution in [0.25, 0.3) is 0 Å². The van der Waals surface area contributed by atoms with Crippen LogP contribution in [0, 0.1) is 0 Å². The minimum absolute atomic E-state index is 0.270. The molecule has 0 heterocycles. The highest BCUT2D eigenvalue weighted by Crippen LogP contribution is 2.20. The predicted molar refractivity (Wildman–Crippen MR) is 62.5 cm³/mol. The van der Waals surface area contributed by atoms with Gasteiger partial charge in [-0.25, -0.2) is 4.99 Å². The molecule has 0 aromatic heterocycles. The number of aliphatic imine (C=N–C) groups is 1. The van der Waals surface area contributed by atoms with Gasteiger partial charge in [-0.3, -0.25) is 0 Å². The fourth-order valence-corrected chi connectivity index (χ4v) is 1.21. The third-order valence-corrected chi connectivity index (χ3v) is 2.22. The summed E-state index contributed by atoms with van der Waals surface area (Å²) in [6.45, 7) is 4.29. The van der Waals surface area contributed by atoms with Crippen LogP contribution in [0.3, 0.4) is 0 Å². The van der Waals surface area contributed by atoms with Crippen molar-refractivity contribution in [3.63, 3.8) is 0 Å². The Morgan fingerprint density at radius 1 is 1.50 bits per heavy atom. The molecule has 3 heteroatoms. The van der Waals surface area contributed by atoms with E-state index >= 15 is 0 Å². The van der Waals surface area contributed by atoms with Crippen LogP contribution in [0.5, 0.6) is 0 Å². The number of amidine groups is 1. The molecule has 1 rings (SSSR count). The smallest absolute Gasteiger partial charge is 0.115 e. The van der Waals surface area contributed by atoms with E-state index in [9.17, 15) is 0 Å². The van der Waals surface area contributed by atoms with Crippen molar-refractivity contribution >= 4 is 23.1 Å². The van der Waals surface area contributed by atoms with Crippen molar-refractivity contribution in [1.29, 1.82) is 0 Å². The molecule has 0 bridgehead atoms. The first-order valence-electron chi connectivity index (χ1n) is 4.62. The second-order valence-corrected chi connectivity index (χ2v) is 3.75. The van der Waals surface area contributed by atoms with Gasteiger partial charge in [-0.05, 0) is 23.6 Å². The lowest BCUT2D eigenvalue weighted by Gasteiger charge is -2.05. The van der Waals surface area contributed by atoms with Gasteiger partial charge in [-0.15, -0.1) is 11.6 Å². The molecular formula is C11H15ClN2. The number of halogens is 1. The average molecular weight is 211 g/mol. The van der Waals surface area contributed by atoms with E-state index in [1.165, 1.54) is 5.56 Å². The number of alkyl halides is 1. The molecule has 0 saturated carbocycles. The maximum Gasteiger partial charge on any atom is 0.115 e. The first-order chi connectivity index (χ1) is 6.63. The minimum atomic E-state index is 0.270. The van der Waals surface area contributed by atoms with Crippen LogP contribution in [0.4, 0.5) is 5.69 Å². The van der Waals surface area contributed by atoms with Gasteiger partial charge in [0.25, 0.3) is 0 Å². The zero-order valence-corrected chi connectivity index (χ0v) is 9.25. The maximum absolute atomic E-state index is 5.55. The van der Waals surface area contributed by atoms with Gasteiger partial charge in [0.15, 0.2) is 0 Å². The third-order valence-electron chi connectivity index (χ3n) is 1.95. The standard InChI is InChI=1S/C11H15ClN2/c1-8(2)9-4-3-5-10(6-9)14-11(13)7-12/h3-6,8H,7H2,1-2H3,(H2,13,14). The molecule has 0 amide bonds. The highest BCUT2D eigenvalue weighted by molar-refractivity contribution is 6.28. The van der Waals surface area contributed by atoms with Crippen LogP contribution in [-0.2, 0) is 0 Å². The number of benzene rings is 1. The van der Waals surface area contributed by atoms with Crippen molar-refractivity contribution in [1.82, 2.24) is 0 Å². The number of hydrogen-bond donors (Lipinski definition) is 1. The van der Waals surface area contributed by atoms with Gasteiger partial charge in [0.2, 0.25) is 0 Å². The van der Waals surface area contributed by atoms with Gasteiger partial charge in [0.05, 0.1) is 11.6 Å². The van der Waals surface area contributed by atoms with Crippen LogP contribution in [0.2, 0.25) is 0 Å². The second kappa shape index (κ2) is 5.01. The second-order valence-electron chi connectivity index (χ2n) is 3.49. The van der Waals surface area contributed by atoms with E-state index < -0.39 is 0 Å². The summed E-state index contributed by atoms with van der Waals surface area (Å²) in [7, 11) is 0. The van der Waals surface area contributed by atoms with Crippen LogP contribution < -0.4 is 5.73 Å². The monoisotopic (exact) mass is 210 g/mol. The number of nitrogens with zero attached hydrogens (tertiary/aromatic N) is 1. The zero-order chi connectivity index (χ0) is 10.6. The first-order valence-corrected chi connectivity index (χ1v) is 5.16. The van der Waals surface area contributed by atoms with Gasteiger partial charge < -0.3 is 5.73 Å². The SMILES string of the molecule is CC(C)c1cccc(N=C(N)CCl)c1. The summed E-state index contributed by atoms with van der Waals surface area (Å²) >= 11 is 5.55. The molecule has 0 aliphatic carbocycles. The number of rotatable bonds is 3.